The van der Waals surface area contributed by atoms with Crippen molar-refractivity contribution < 1.29 is 77.3 Å². The molecule has 0 aromatic heterocycles. The van der Waals surface area contributed by atoms with Crippen LogP contribution in [-0.4, -0.2) is 0 Å². The van der Waals surface area contributed by atoms with E-state index in [-0.39, 0.29) is 130 Å². The minimum absolute atomic E-state index is 0. The van der Waals surface area contributed by atoms with E-state index < -0.39 is 0 Å². The Morgan fingerprint density at radius 3 is 1.15 bits per heavy atom. The van der Waals surface area contributed by atoms with Crippen molar-refractivity contribution in [3.63, 3.8) is 0 Å². The first-order chi connectivity index (χ1) is 1.41. The third-order valence-electron chi connectivity index (χ3n) is 0. The zero-order chi connectivity index (χ0) is 2.71. The predicted molar refractivity (Wildman–Crippen MR) is 74.2 cm³/mol. The van der Waals surface area contributed by atoms with E-state index in [0.717, 1.165) is 0 Å². The Morgan fingerprint density at radius 2 is 1.15 bits per heavy atom. The van der Waals surface area contributed by atoms with Gasteiger partial charge in [0.1, 0.15) is 0 Å². The maximum Gasteiger partial charge on any atom is 1.00 e. The molecule has 3 nitrogen and oxygen atoms in total. The summed E-state index contributed by atoms with van der Waals surface area (Å²) >= 11 is 3.80. The molecule has 0 aromatic carbocycles. The summed E-state index contributed by atoms with van der Waals surface area (Å²) in [5, 5.41) is 0. The normalized spacial score (nSPS) is 0.923. The smallest absolute Gasteiger partial charge is 1.00 e. The summed E-state index contributed by atoms with van der Waals surface area (Å²) in [5.74, 6) is 4.29. The van der Waals surface area contributed by atoms with Gasteiger partial charge in [-0.25, -0.2) is 0 Å². The molecule has 0 aliphatic heterocycles. The van der Waals surface area contributed by atoms with E-state index in [0.29, 0.717) is 0 Å². The van der Waals surface area contributed by atoms with Gasteiger partial charge in [-0.15, -0.1) is 28.4 Å². The molecule has 0 fully saturated rings. The molecule has 0 radical (unpaired) electrons. The van der Waals surface area contributed by atoms with E-state index in [1.54, 1.807) is 0 Å². The maximum absolute atomic E-state index is 4.29. The quantitative estimate of drug-likeness (QED) is 0.214. The van der Waals surface area contributed by atoms with Crippen LogP contribution < -0.4 is 63.4 Å². The maximum atomic E-state index is 4.29. The van der Waals surface area contributed by atoms with Gasteiger partial charge in [0, 0.05) is 5.71 Å². The second-order valence-corrected chi connectivity index (χ2v) is 0.316. The van der Waals surface area contributed by atoms with Crippen LogP contribution in [0.1, 0.15) is 29.4 Å². The molecule has 0 aliphatic carbocycles. The molecule has 5 N–H and O–H groups in total. The van der Waals surface area contributed by atoms with Gasteiger partial charge in [0.15, 0.2) is 0 Å². The molecule has 10 heteroatoms. The third kappa shape index (κ3) is 561. The first kappa shape index (κ1) is 191. The Morgan fingerprint density at radius 1 is 1.15 bits per heavy atom. The topological polar surface area (TPSA) is 73.4 Å². The number of halogens is 5. The molecule has 0 rings (SSSR count). The van der Waals surface area contributed by atoms with Gasteiger partial charge in [-0.2, -0.15) is 0 Å². The molecule has 0 saturated carbocycles. The Labute approximate surface area is 150 Å². The third-order valence-corrected chi connectivity index (χ3v) is 0. The molecule has 0 atom stereocenters. The minimum atomic E-state index is 0. The fourth-order valence-electron chi connectivity index (χ4n) is 0. The number of nitrogens with zero attached hydrogens (tertiary/aromatic N) is 1. The van der Waals surface area contributed by atoms with Gasteiger partial charge in [-0.05, 0) is 0 Å². The summed E-state index contributed by atoms with van der Waals surface area (Å²) in [4.78, 5) is 0. The van der Waals surface area contributed by atoms with Crippen molar-refractivity contribution in [2.75, 3.05) is 0 Å². The Bertz CT molecular complexity index is 53.4. The molecule has 0 spiro atoms. The molecule has 0 aliphatic rings. The standard InChI is InChI=1S/3CH4.4FH.HI.K.H2N2S.H3N.4H2.H/c;;;;;;;;;1-2-3;;;;;;/h3*1H4;5*1H;;(H2,1,3);1H3;4*1H;/q;;;;;;;;+1;;;;;;;-1/i;;;;;;;;;;;1+2;2*1+1;;. The molecule has 13 heavy (non-hydrogen) atoms. The van der Waals surface area contributed by atoms with Crippen LogP contribution >= 0.6 is 24.0 Å². The molecule has 0 unspecified atom stereocenters. The minimum Gasteiger partial charge on any atom is -1.00 e. The van der Waals surface area contributed by atoms with Crippen LogP contribution in [0.15, 0.2) is 4.47 Å². The average Bonchev–Trinajstić information content (AvgIpc) is 0.918. The Hall–Kier alpha value is 1.87. The molecular weight excluding hydrogens is 352 g/mol. The zero-order valence-electron chi connectivity index (χ0n) is 6.18. The number of rotatable bonds is 0. The van der Waals surface area contributed by atoms with Crippen molar-refractivity contribution in [2.24, 2.45) is 10.3 Å². The second-order valence-electron chi connectivity index (χ2n) is 0.105. The monoisotopic (exact) mass is 387 g/mol. The van der Waals surface area contributed by atoms with E-state index in [9.17, 15) is 0 Å². The van der Waals surface area contributed by atoms with E-state index in [1.807, 2.05) is 0 Å². The van der Waals surface area contributed by atoms with Crippen molar-refractivity contribution in [3.05, 3.63) is 0 Å². The molecule has 100 valence electrons. The van der Waals surface area contributed by atoms with E-state index in [2.05, 4.69) is 22.7 Å². The van der Waals surface area contributed by atoms with Gasteiger partial charge in [0.25, 0.3) is 0 Å². The SMILES string of the molecule is C.C.C.F.F.F.F.I.N.NN=S.[2HH].[2HH].[3HH].[H-].[HH].[K+]. The molecule has 0 bridgehead atoms. The van der Waals surface area contributed by atoms with Crippen molar-refractivity contribution in [2.45, 2.75) is 22.3 Å². The van der Waals surface area contributed by atoms with Gasteiger partial charge in [0.05, 0.1) is 12.4 Å². The predicted octanol–water partition coefficient (Wildman–Crippen LogP) is 0.989. The molecule has 0 heterocycles. The molecule has 0 saturated heterocycles. The zero-order valence-corrected chi connectivity index (χ0v) is 11.5. The molecule has 0 aromatic rings. The van der Waals surface area contributed by atoms with Crippen LogP contribution in [-0.2, 0) is 12.4 Å². The van der Waals surface area contributed by atoms with Gasteiger partial charge in [-0.1, -0.05) is 22.3 Å². The van der Waals surface area contributed by atoms with E-state index in [4.69, 9.17) is 0 Å². The van der Waals surface area contributed by atoms with Gasteiger partial charge < -0.3 is 13.4 Å². The van der Waals surface area contributed by atoms with Gasteiger partial charge in [-0.3, -0.25) is 18.8 Å². The average molecular weight is 387 g/mol. The van der Waals surface area contributed by atoms with E-state index >= 15 is 0 Å². The van der Waals surface area contributed by atoms with E-state index in [1.165, 1.54) is 0 Å². The van der Waals surface area contributed by atoms with Gasteiger partial charge >= 0.3 is 51.4 Å². The van der Waals surface area contributed by atoms with Crippen molar-refractivity contribution in [1.29, 1.82) is 0 Å². The first-order valence-electron chi connectivity index (χ1n) is 0.441. The largest absolute Gasteiger partial charge is 1.00 e. The fraction of sp³-hybridized carbons (Fsp3) is 1.00. The molecular formula is C3H31F4IKN3S. The summed E-state index contributed by atoms with van der Waals surface area (Å²) in [6, 6.07) is 0. The summed E-state index contributed by atoms with van der Waals surface area (Å²) in [6.07, 6.45) is 0. The number of nitrogens with two attached hydrogens (primary N) is 1. The van der Waals surface area contributed by atoms with Crippen LogP contribution in [0.2, 0.25) is 0 Å². The number of hydrogen-bond acceptors (Lipinski definition) is 3. The summed E-state index contributed by atoms with van der Waals surface area (Å²) in [6.45, 7) is 0. The first-order valence-corrected chi connectivity index (χ1v) is 0.806. The van der Waals surface area contributed by atoms with Crippen molar-refractivity contribution in [1.82, 2.24) is 6.15 Å². The van der Waals surface area contributed by atoms with Crippen LogP contribution in [0, 0.1) is 0 Å². The summed E-state index contributed by atoms with van der Waals surface area (Å²) in [5.41, 5.74) is 0. The summed E-state index contributed by atoms with van der Waals surface area (Å²) < 4.78 is 2.58. The van der Waals surface area contributed by atoms with Crippen LogP contribution in [0.5, 0.6) is 0 Å². The van der Waals surface area contributed by atoms with Crippen LogP contribution in [0.4, 0.5) is 18.8 Å². The van der Waals surface area contributed by atoms with Crippen LogP contribution in [0.3, 0.4) is 0 Å². The van der Waals surface area contributed by atoms with Crippen molar-refractivity contribution >= 4 is 36.4 Å². The Kier molecular flexibility index (Phi) is 4110. The van der Waals surface area contributed by atoms with Crippen molar-refractivity contribution in [3.8, 4) is 0 Å². The Balaban J connectivity index is -0.000000000190. The number of hydrogen-bond donors (Lipinski definition) is 2. The molecule has 0 amide bonds. The van der Waals surface area contributed by atoms with Crippen LogP contribution in [0.25, 0.3) is 0 Å². The second kappa shape index (κ2) is 279. The summed E-state index contributed by atoms with van der Waals surface area (Å²) in [7, 11) is 0. The van der Waals surface area contributed by atoms with Gasteiger partial charge in [0.2, 0.25) is 0 Å². The fourth-order valence-corrected chi connectivity index (χ4v) is 0.